The molecule has 0 aromatic heterocycles. The van der Waals surface area contributed by atoms with Gasteiger partial charge in [-0.1, -0.05) is 19.1 Å². The van der Waals surface area contributed by atoms with Crippen LogP contribution in [0, 0.1) is 0 Å². The average Bonchev–Trinajstić information content (AvgIpc) is 2.36. The Hall–Kier alpha value is -0.910. The molecule has 1 aromatic rings. The number of aliphatic hydroxyl groups excluding tert-OH is 1. The van der Waals surface area contributed by atoms with Gasteiger partial charge < -0.3 is 10.0 Å². The molecule has 1 aromatic carbocycles. The first-order chi connectivity index (χ1) is 8.42. The average molecular weight is 271 g/mol. The third-order valence-electron chi connectivity index (χ3n) is 3.03. The first-order valence-electron chi connectivity index (χ1n) is 6.02. The lowest BCUT2D eigenvalue weighted by atomic mass is 10.0. The van der Waals surface area contributed by atoms with Crippen LogP contribution < -0.4 is 0 Å². The van der Waals surface area contributed by atoms with Crippen LogP contribution in [0.15, 0.2) is 29.2 Å². The molecule has 0 saturated heterocycles. The molecule has 0 fully saturated rings. The summed E-state index contributed by atoms with van der Waals surface area (Å²) in [6, 6.07) is 7.03. The van der Waals surface area contributed by atoms with Crippen molar-refractivity contribution >= 4 is 9.84 Å². The summed E-state index contributed by atoms with van der Waals surface area (Å²) < 4.78 is 23.4. The van der Waals surface area contributed by atoms with Crippen molar-refractivity contribution in [3.05, 3.63) is 29.8 Å². The molecule has 0 saturated carbocycles. The minimum atomic E-state index is -3.14. The topological polar surface area (TPSA) is 57.6 Å². The van der Waals surface area contributed by atoms with Crippen LogP contribution in [0.5, 0.6) is 0 Å². The lowest BCUT2D eigenvalue weighted by Gasteiger charge is -2.24. The van der Waals surface area contributed by atoms with E-state index in [0.29, 0.717) is 11.3 Å². The van der Waals surface area contributed by atoms with Crippen LogP contribution in [0.3, 0.4) is 0 Å². The zero-order valence-electron chi connectivity index (χ0n) is 11.1. The number of rotatable bonds is 6. The number of sulfone groups is 1. The maximum absolute atomic E-state index is 11.7. The molecule has 18 heavy (non-hydrogen) atoms. The molecule has 0 aliphatic carbocycles. The fraction of sp³-hybridized carbons (Fsp3) is 0.538. The Morgan fingerprint density at radius 2 is 1.78 bits per heavy atom. The largest absolute Gasteiger partial charge is 0.396 e. The molecule has 5 heteroatoms. The van der Waals surface area contributed by atoms with Crippen LogP contribution in [-0.4, -0.2) is 44.9 Å². The fourth-order valence-corrected chi connectivity index (χ4v) is 2.79. The van der Waals surface area contributed by atoms with Gasteiger partial charge in [0.2, 0.25) is 0 Å². The minimum Gasteiger partial charge on any atom is -0.396 e. The highest BCUT2D eigenvalue weighted by Gasteiger charge is 2.15. The van der Waals surface area contributed by atoms with Gasteiger partial charge in [-0.3, -0.25) is 0 Å². The molecule has 1 N–H and O–H groups in total. The maximum atomic E-state index is 11.7. The normalized spacial score (nSPS) is 13.8. The molecular weight excluding hydrogens is 250 g/mol. The smallest absolute Gasteiger partial charge is 0.178 e. The standard InChI is InChI=1S/C13H21NO3S/c1-4-18(16,17)12-7-5-11(6-8-12)13(9-10-15)14(2)3/h5-8,13,15H,4,9-10H2,1-3H3. The van der Waals surface area contributed by atoms with Crippen molar-refractivity contribution in [2.45, 2.75) is 24.3 Å². The van der Waals surface area contributed by atoms with Crippen LogP contribution in [0.2, 0.25) is 0 Å². The van der Waals surface area contributed by atoms with Crippen LogP contribution >= 0.6 is 0 Å². The van der Waals surface area contributed by atoms with E-state index >= 15 is 0 Å². The van der Waals surface area contributed by atoms with E-state index in [1.807, 2.05) is 31.1 Å². The molecular formula is C13H21NO3S. The third kappa shape index (κ3) is 3.54. The van der Waals surface area contributed by atoms with Crippen molar-refractivity contribution in [3.8, 4) is 0 Å². The number of nitrogens with zero attached hydrogens (tertiary/aromatic N) is 1. The summed E-state index contributed by atoms with van der Waals surface area (Å²) in [7, 11) is 0.747. The third-order valence-corrected chi connectivity index (χ3v) is 4.78. The molecule has 0 heterocycles. The Morgan fingerprint density at radius 3 is 2.17 bits per heavy atom. The van der Waals surface area contributed by atoms with Gasteiger partial charge >= 0.3 is 0 Å². The molecule has 0 aliphatic rings. The van der Waals surface area contributed by atoms with Gasteiger partial charge in [-0.2, -0.15) is 0 Å². The predicted octanol–water partition coefficient (Wildman–Crippen LogP) is 1.47. The summed E-state index contributed by atoms with van der Waals surface area (Å²) in [6.07, 6.45) is 0.632. The zero-order chi connectivity index (χ0) is 13.8. The van der Waals surface area contributed by atoms with E-state index in [1.54, 1.807) is 19.1 Å². The first-order valence-corrected chi connectivity index (χ1v) is 7.67. The second-order valence-electron chi connectivity index (χ2n) is 4.46. The Bertz CT molecular complexity index is 466. The van der Waals surface area contributed by atoms with E-state index in [4.69, 9.17) is 5.11 Å². The van der Waals surface area contributed by atoms with Gasteiger partial charge in [0.25, 0.3) is 0 Å². The van der Waals surface area contributed by atoms with Crippen molar-refractivity contribution in [1.82, 2.24) is 4.90 Å². The number of hydrogen-bond donors (Lipinski definition) is 1. The molecule has 1 rings (SSSR count). The quantitative estimate of drug-likeness (QED) is 0.851. The minimum absolute atomic E-state index is 0.105. The van der Waals surface area contributed by atoms with Crippen LogP contribution in [-0.2, 0) is 9.84 Å². The Kier molecular flexibility index (Phi) is 5.31. The summed E-state index contributed by atoms with van der Waals surface area (Å²) in [5.74, 6) is 0.111. The Labute approximate surface area is 109 Å². The molecule has 4 nitrogen and oxygen atoms in total. The predicted molar refractivity (Wildman–Crippen MR) is 72.3 cm³/mol. The second kappa shape index (κ2) is 6.31. The Morgan fingerprint density at radius 1 is 1.22 bits per heavy atom. The van der Waals surface area contributed by atoms with Crippen molar-refractivity contribution in [2.24, 2.45) is 0 Å². The highest BCUT2D eigenvalue weighted by atomic mass is 32.2. The Balaban J connectivity index is 3.01. The number of aliphatic hydroxyl groups is 1. The van der Waals surface area contributed by atoms with E-state index in [1.165, 1.54) is 0 Å². The van der Waals surface area contributed by atoms with E-state index < -0.39 is 9.84 Å². The van der Waals surface area contributed by atoms with Gasteiger partial charge in [0.05, 0.1) is 10.6 Å². The molecule has 0 spiro atoms. The zero-order valence-corrected chi connectivity index (χ0v) is 11.9. The van der Waals surface area contributed by atoms with Crippen molar-refractivity contribution in [3.63, 3.8) is 0 Å². The van der Waals surface area contributed by atoms with E-state index in [0.717, 1.165) is 5.56 Å². The molecule has 1 unspecified atom stereocenters. The van der Waals surface area contributed by atoms with Crippen molar-refractivity contribution < 1.29 is 13.5 Å². The maximum Gasteiger partial charge on any atom is 0.178 e. The van der Waals surface area contributed by atoms with E-state index in [-0.39, 0.29) is 18.4 Å². The van der Waals surface area contributed by atoms with Crippen LogP contribution in [0.25, 0.3) is 0 Å². The second-order valence-corrected chi connectivity index (χ2v) is 6.74. The highest BCUT2D eigenvalue weighted by molar-refractivity contribution is 7.91. The first kappa shape index (κ1) is 15.1. The monoisotopic (exact) mass is 271 g/mol. The van der Waals surface area contributed by atoms with Gasteiger partial charge in [0.1, 0.15) is 0 Å². The van der Waals surface area contributed by atoms with E-state index in [9.17, 15) is 8.42 Å². The van der Waals surface area contributed by atoms with E-state index in [2.05, 4.69) is 0 Å². The number of hydrogen-bond acceptors (Lipinski definition) is 4. The number of benzene rings is 1. The summed E-state index contributed by atoms with van der Waals surface area (Å²) in [5, 5.41) is 9.05. The van der Waals surface area contributed by atoms with Gasteiger partial charge in [-0.05, 0) is 38.2 Å². The summed E-state index contributed by atoms with van der Waals surface area (Å²) >= 11 is 0. The fourth-order valence-electron chi connectivity index (χ4n) is 1.91. The summed E-state index contributed by atoms with van der Waals surface area (Å²) in [4.78, 5) is 2.37. The lowest BCUT2D eigenvalue weighted by molar-refractivity contribution is 0.211. The van der Waals surface area contributed by atoms with Crippen molar-refractivity contribution in [1.29, 1.82) is 0 Å². The van der Waals surface area contributed by atoms with Gasteiger partial charge in [-0.15, -0.1) is 0 Å². The summed E-state index contributed by atoms with van der Waals surface area (Å²) in [5.41, 5.74) is 1.02. The van der Waals surface area contributed by atoms with Crippen LogP contribution in [0.4, 0.5) is 0 Å². The molecule has 0 amide bonds. The SMILES string of the molecule is CCS(=O)(=O)c1ccc(C(CCO)N(C)C)cc1. The highest BCUT2D eigenvalue weighted by Crippen LogP contribution is 2.23. The van der Waals surface area contributed by atoms with Gasteiger partial charge in [-0.25, -0.2) is 8.42 Å². The molecule has 0 aliphatic heterocycles. The van der Waals surface area contributed by atoms with Gasteiger partial charge in [0, 0.05) is 12.6 Å². The molecule has 0 bridgehead atoms. The molecule has 102 valence electrons. The molecule has 1 atom stereocenters. The van der Waals surface area contributed by atoms with Crippen molar-refractivity contribution in [2.75, 3.05) is 26.5 Å². The summed E-state index contributed by atoms with van der Waals surface area (Å²) in [6.45, 7) is 1.75. The molecule has 0 radical (unpaired) electrons. The van der Waals surface area contributed by atoms with Gasteiger partial charge in [0.15, 0.2) is 9.84 Å². The lowest BCUT2D eigenvalue weighted by Crippen LogP contribution is -2.21. The van der Waals surface area contributed by atoms with Crippen LogP contribution in [0.1, 0.15) is 24.9 Å².